The molecule has 7 nitrogen and oxygen atoms in total. The number of nitrogens with zero attached hydrogens (tertiary/aromatic N) is 1. The molecule has 0 saturated heterocycles. The van der Waals surface area contributed by atoms with E-state index in [4.69, 9.17) is 0 Å². The van der Waals surface area contributed by atoms with E-state index in [9.17, 15) is 19.5 Å². The van der Waals surface area contributed by atoms with Gasteiger partial charge in [-0.05, 0) is 37.1 Å². The number of carbonyl (C=O) groups is 3. The molecule has 0 bridgehead atoms. The number of carbonyl (C=O) groups excluding carboxylic acids is 2. The largest absolute Gasteiger partial charge is 0.478 e. The van der Waals surface area contributed by atoms with Gasteiger partial charge < -0.3 is 15.7 Å². The minimum Gasteiger partial charge on any atom is -0.478 e. The number of amides is 1. The Bertz CT molecular complexity index is 1140. The number of aromatic nitrogens is 1. The summed E-state index contributed by atoms with van der Waals surface area (Å²) in [6.45, 7) is 1.43. The van der Waals surface area contributed by atoms with Gasteiger partial charge in [0.05, 0.1) is 22.3 Å². The predicted molar refractivity (Wildman–Crippen MR) is 115 cm³/mol. The molecule has 30 heavy (non-hydrogen) atoms. The topological polar surface area (TPSA) is 100 Å². The van der Waals surface area contributed by atoms with Crippen molar-refractivity contribution in [3.8, 4) is 0 Å². The Balaban J connectivity index is 1.67. The smallest absolute Gasteiger partial charge is 0.337 e. The van der Waals surface area contributed by atoms with E-state index in [0.717, 1.165) is 18.5 Å². The fraction of sp³-hybridized carbons (Fsp3) is 0.261. The summed E-state index contributed by atoms with van der Waals surface area (Å²) < 4.78 is 1.42. The maximum atomic E-state index is 13.0. The molecule has 1 aliphatic rings. The van der Waals surface area contributed by atoms with E-state index in [2.05, 4.69) is 10.6 Å². The summed E-state index contributed by atoms with van der Waals surface area (Å²) >= 11 is 0. The maximum absolute atomic E-state index is 13.0. The molecule has 0 unspecified atom stereocenters. The molecule has 1 aliphatic carbocycles. The Kier molecular flexibility index (Phi) is 5.27. The summed E-state index contributed by atoms with van der Waals surface area (Å²) in [6.07, 6.45) is 5.99. The summed E-state index contributed by atoms with van der Waals surface area (Å²) in [5, 5.41) is 16.3. The van der Waals surface area contributed by atoms with E-state index in [1.54, 1.807) is 36.4 Å². The van der Waals surface area contributed by atoms with Crippen LogP contribution in [-0.4, -0.2) is 33.5 Å². The van der Waals surface area contributed by atoms with Crippen molar-refractivity contribution >= 4 is 40.1 Å². The molecule has 7 heteroatoms. The van der Waals surface area contributed by atoms with Crippen LogP contribution in [0, 0.1) is 0 Å². The number of aromatic carboxylic acids is 1. The van der Waals surface area contributed by atoms with Crippen molar-refractivity contribution in [2.45, 2.75) is 38.6 Å². The van der Waals surface area contributed by atoms with Crippen molar-refractivity contribution in [1.82, 2.24) is 4.57 Å². The Morgan fingerprint density at radius 1 is 1.03 bits per heavy atom. The minimum atomic E-state index is -1.12. The number of anilines is 2. The van der Waals surface area contributed by atoms with Gasteiger partial charge in [0.15, 0.2) is 0 Å². The number of nitrogens with one attached hydrogen (secondary N) is 2. The van der Waals surface area contributed by atoms with Crippen molar-refractivity contribution in [2.75, 3.05) is 10.6 Å². The van der Waals surface area contributed by atoms with E-state index >= 15 is 0 Å². The molecule has 1 heterocycles. The number of rotatable bonds is 5. The van der Waals surface area contributed by atoms with E-state index in [-0.39, 0.29) is 17.2 Å². The average molecular weight is 405 g/mol. The first-order chi connectivity index (χ1) is 14.4. The highest BCUT2D eigenvalue weighted by Crippen LogP contribution is 2.28. The normalized spacial score (nSPS) is 14.0. The van der Waals surface area contributed by atoms with Crippen LogP contribution in [0.3, 0.4) is 0 Å². The first kappa shape index (κ1) is 19.7. The van der Waals surface area contributed by atoms with Gasteiger partial charge in [0.25, 0.3) is 5.91 Å². The summed E-state index contributed by atoms with van der Waals surface area (Å²) in [5.41, 5.74) is 1.94. The third kappa shape index (κ3) is 3.78. The Morgan fingerprint density at radius 3 is 2.47 bits per heavy atom. The lowest BCUT2D eigenvalue weighted by Crippen LogP contribution is -2.17. The molecule has 0 atom stereocenters. The first-order valence-electron chi connectivity index (χ1n) is 10.0. The van der Waals surface area contributed by atoms with Crippen LogP contribution >= 0.6 is 0 Å². The van der Waals surface area contributed by atoms with Gasteiger partial charge >= 0.3 is 5.97 Å². The molecule has 2 aromatic carbocycles. The SMILES string of the molecule is CC(=O)n1cc(C(=O)Nc2cc(NC3CCCC3)ccc2C(=O)O)c2ccccc21. The zero-order valence-electron chi connectivity index (χ0n) is 16.6. The minimum absolute atomic E-state index is 0.00984. The molecule has 3 N–H and O–H groups in total. The van der Waals surface area contributed by atoms with Crippen LogP contribution < -0.4 is 10.6 Å². The molecule has 1 fully saturated rings. The molecule has 3 aromatic rings. The fourth-order valence-corrected chi connectivity index (χ4v) is 4.04. The van der Waals surface area contributed by atoms with Crippen molar-refractivity contribution in [1.29, 1.82) is 0 Å². The zero-order valence-corrected chi connectivity index (χ0v) is 16.6. The third-order valence-electron chi connectivity index (χ3n) is 5.52. The van der Waals surface area contributed by atoms with E-state index < -0.39 is 11.9 Å². The molecule has 0 radical (unpaired) electrons. The Hall–Kier alpha value is -3.61. The molecule has 154 valence electrons. The van der Waals surface area contributed by atoms with Crippen molar-refractivity contribution in [2.24, 2.45) is 0 Å². The van der Waals surface area contributed by atoms with Crippen LogP contribution in [0.2, 0.25) is 0 Å². The van der Waals surface area contributed by atoms with E-state index in [1.165, 1.54) is 36.6 Å². The lowest BCUT2D eigenvalue weighted by atomic mass is 10.1. The van der Waals surface area contributed by atoms with Gasteiger partial charge in [-0.1, -0.05) is 31.0 Å². The summed E-state index contributed by atoms with van der Waals surface area (Å²) in [5.74, 6) is -1.80. The van der Waals surface area contributed by atoms with E-state index in [0.29, 0.717) is 22.5 Å². The monoisotopic (exact) mass is 405 g/mol. The molecule has 1 amide bonds. The molecular formula is C23H23N3O4. The number of hydrogen-bond donors (Lipinski definition) is 3. The van der Waals surface area contributed by atoms with Gasteiger partial charge in [-0.25, -0.2) is 4.79 Å². The number of fused-ring (bicyclic) bond motifs is 1. The highest BCUT2D eigenvalue weighted by molar-refractivity contribution is 6.15. The molecule has 1 saturated carbocycles. The first-order valence-corrected chi connectivity index (χ1v) is 10.0. The summed E-state index contributed by atoms with van der Waals surface area (Å²) in [6, 6.07) is 12.3. The molecular weight excluding hydrogens is 382 g/mol. The van der Waals surface area contributed by atoms with Crippen LogP contribution in [0.25, 0.3) is 10.9 Å². The molecule has 0 spiro atoms. The van der Waals surface area contributed by atoms with Crippen LogP contribution in [0.1, 0.15) is 58.1 Å². The number of hydrogen-bond acceptors (Lipinski definition) is 4. The van der Waals surface area contributed by atoms with Crippen molar-refractivity contribution in [3.05, 3.63) is 59.8 Å². The van der Waals surface area contributed by atoms with Gasteiger partial charge in [-0.15, -0.1) is 0 Å². The molecule has 1 aromatic heterocycles. The van der Waals surface area contributed by atoms with Crippen molar-refractivity contribution in [3.63, 3.8) is 0 Å². The lowest BCUT2D eigenvalue weighted by Gasteiger charge is -2.16. The van der Waals surface area contributed by atoms with Gasteiger partial charge in [-0.2, -0.15) is 0 Å². The number of para-hydroxylation sites is 1. The number of carboxylic acid groups (broad SMARTS) is 1. The average Bonchev–Trinajstić information content (AvgIpc) is 3.35. The fourth-order valence-electron chi connectivity index (χ4n) is 4.04. The zero-order chi connectivity index (χ0) is 21.3. The third-order valence-corrected chi connectivity index (χ3v) is 5.52. The van der Waals surface area contributed by atoms with Crippen molar-refractivity contribution < 1.29 is 19.5 Å². The Morgan fingerprint density at radius 2 is 1.77 bits per heavy atom. The highest BCUT2D eigenvalue weighted by atomic mass is 16.4. The van der Waals surface area contributed by atoms with Gasteiger partial charge in [-0.3, -0.25) is 14.2 Å². The summed E-state index contributed by atoms with van der Waals surface area (Å²) in [4.78, 5) is 36.7. The molecule has 0 aliphatic heterocycles. The quantitative estimate of drug-likeness (QED) is 0.576. The highest BCUT2D eigenvalue weighted by Gasteiger charge is 2.20. The van der Waals surface area contributed by atoms with Crippen LogP contribution in [0.4, 0.5) is 11.4 Å². The van der Waals surface area contributed by atoms with Crippen LogP contribution in [-0.2, 0) is 0 Å². The van der Waals surface area contributed by atoms with Gasteiger partial charge in [0.1, 0.15) is 0 Å². The van der Waals surface area contributed by atoms with Gasteiger partial charge in [0, 0.05) is 30.2 Å². The molecule has 4 rings (SSSR count). The Labute approximate surface area is 173 Å². The lowest BCUT2D eigenvalue weighted by molar-refractivity contribution is 0.0697. The number of benzene rings is 2. The van der Waals surface area contributed by atoms with Gasteiger partial charge in [0.2, 0.25) is 5.91 Å². The van der Waals surface area contributed by atoms with Crippen LogP contribution in [0.5, 0.6) is 0 Å². The summed E-state index contributed by atoms with van der Waals surface area (Å²) in [7, 11) is 0. The van der Waals surface area contributed by atoms with E-state index in [1.807, 2.05) is 0 Å². The second-order valence-electron chi connectivity index (χ2n) is 7.59. The predicted octanol–water partition coefficient (Wildman–Crippen LogP) is 4.61. The standard InChI is InChI=1S/C23H23N3O4/c1-14(27)26-13-19(17-8-4-5-9-21(17)26)22(28)25-20-12-16(10-11-18(20)23(29)30)24-15-6-2-3-7-15/h4-5,8-13,15,24H,2-3,6-7H2,1H3,(H,25,28)(H,29,30). The number of carboxylic acids is 1. The second kappa shape index (κ2) is 8.02. The second-order valence-corrected chi connectivity index (χ2v) is 7.59. The van der Waals surface area contributed by atoms with Crippen LogP contribution in [0.15, 0.2) is 48.7 Å². The maximum Gasteiger partial charge on any atom is 0.337 e.